The molecule has 1 aliphatic rings. The maximum absolute atomic E-state index is 6.04. The molecule has 0 unspecified atom stereocenters. The van der Waals surface area contributed by atoms with E-state index in [9.17, 15) is 0 Å². The summed E-state index contributed by atoms with van der Waals surface area (Å²) in [6.45, 7) is 0. The fourth-order valence-electron chi connectivity index (χ4n) is 1.97. The Bertz CT molecular complexity index is 406. The fourth-order valence-corrected chi connectivity index (χ4v) is 2.20. The number of methoxy groups -OCH3 is 2. The number of nitrogens with two attached hydrogens (primary N) is 1. The lowest BCUT2D eigenvalue weighted by atomic mass is 9.87. The van der Waals surface area contributed by atoms with Crippen LogP contribution in [-0.2, 0) is 0 Å². The molecule has 0 radical (unpaired) electrons. The average molecular weight is 257 g/mol. The van der Waals surface area contributed by atoms with Crippen LogP contribution >= 0.6 is 11.6 Å². The van der Waals surface area contributed by atoms with Crippen molar-refractivity contribution in [3.8, 4) is 11.5 Å². The Balaban J connectivity index is 2.18. The van der Waals surface area contributed by atoms with E-state index >= 15 is 0 Å². The van der Waals surface area contributed by atoms with Gasteiger partial charge >= 0.3 is 0 Å². The van der Waals surface area contributed by atoms with Crippen molar-refractivity contribution < 1.29 is 9.47 Å². The first kappa shape index (κ1) is 12.3. The van der Waals surface area contributed by atoms with E-state index in [-0.39, 0.29) is 0 Å². The number of rotatable bonds is 4. The van der Waals surface area contributed by atoms with E-state index in [1.807, 2.05) is 6.07 Å². The monoisotopic (exact) mass is 256 g/mol. The van der Waals surface area contributed by atoms with Crippen molar-refractivity contribution in [1.29, 1.82) is 0 Å². The van der Waals surface area contributed by atoms with Crippen LogP contribution in [0.25, 0.3) is 0 Å². The lowest BCUT2D eigenvalue weighted by molar-refractivity contribution is 0.368. The van der Waals surface area contributed by atoms with Gasteiger partial charge in [-0.1, -0.05) is 11.6 Å². The standard InChI is InChI=1S/C12H17ClN2O2/c1-16-11-6-10(12(17-2)5-9(11)13)15-8-3-7(14)4-8/h5-8,15H,3-4,14H2,1-2H3. The third-order valence-electron chi connectivity index (χ3n) is 3.01. The van der Waals surface area contributed by atoms with Crippen molar-refractivity contribution in [3.63, 3.8) is 0 Å². The van der Waals surface area contributed by atoms with Crippen molar-refractivity contribution in [2.24, 2.45) is 5.73 Å². The van der Waals surface area contributed by atoms with Crippen LogP contribution < -0.4 is 20.5 Å². The highest BCUT2D eigenvalue weighted by molar-refractivity contribution is 6.32. The van der Waals surface area contributed by atoms with Crippen LogP contribution in [0.1, 0.15) is 12.8 Å². The molecule has 1 fully saturated rings. The normalized spacial score (nSPS) is 22.8. The van der Waals surface area contributed by atoms with Gasteiger partial charge in [0.15, 0.2) is 0 Å². The summed E-state index contributed by atoms with van der Waals surface area (Å²) in [5.74, 6) is 1.36. The number of anilines is 1. The van der Waals surface area contributed by atoms with Gasteiger partial charge in [0.1, 0.15) is 11.5 Å². The Hall–Kier alpha value is -1.13. The molecule has 17 heavy (non-hydrogen) atoms. The molecule has 5 heteroatoms. The minimum Gasteiger partial charge on any atom is -0.495 e. The van der Waals surface area contributed by atoms with Crippen LogP contribution in [0.3, 0.4) is 0 Å². The summed E-state index contributed by atoms with van der Waals surface area (Å²) in [4.78, 5) is 0. The highest BCUT2D eigenvalue weighted by atomic mass is 35.5. The Labute approximate surface area is 106 Å². The first-order valence-corrected chi connectivity index (χ1v) is 5.95. The number of benzene rings is 1. The predicted octanol–water partition coefficient (Wildman–Crippen LogP) is 2.26. The molecule has 2 rings (SSSR count). The third kappa shape index (κ3) is 2.58. The van der Waals surface area contributed by atoms with Crippen LogP contribution in [0.2, 0.25) is 5.02 Å². The molecule has 0 aliphatic heterocycles. The number of nitrogens with one attached hydrogen (secondary N) is 1. The van der Waals surface area contributed by atoms with Gasteiger partial charge in [-0.05, 0) is 12.8 Å². The summed E-state index contributed by atoms with van der Waals surface area (Å²) in [6.07, 6.45) is 1.96. The zero-order valence-corrected chi connectivity index (χ0v) is 10.8. The van der Waals surface area contributed by atoms with Gasteiger partial charge in [-0.25, -0.2) is 0 Å². The molecule has 3 N–H and O–H groups in total. The quantitative estimate of drug-likeness (QED) is 0.868. The van der Waals surface area contributed by atoms with Gasteiger partial charge in [0, 0.05) is 24.2 Å². The Kier molecular flexibility index (Phi) is 3.64. The zero-order valence-electron chi connectivity index (χ0n) is 10.00. The molecule has 0 amide bonds. The van der Waals surface area contributed by atoms with Crippen molar-refractivity contribution in [3.05, 3.63) is 17.2 Å². The fraction of sp³-hybridized carbons (Fsp3) is 0.500. The molecule has 1 aromatic carbocycles. The number of ether oxygens (including phenoxy) is 2. The van der Waals surface area contributed by atoms with E-state index in [2.05, 4.69) is 5.32 Å². The van der Waals surface area contributed by atoms with Crippen LogP contribution in [0, 0.1) is 0 Å². The first-order valence-electron chi connectivity index (χ1n) is 5.57. The van der Waals surface area contributed by atoms with Gasteiger partial charge in [-0.2, -0.15) is 0 Å². The Morgan fingerprint density at radius 2 is 1.88 bits per heavy atom. The van der Waals surface area contributed by atoms with E-state index in [0.717, 1.165) is 24.3 Å². The predicted molar refractivity (Wildman–Crippen MR) is 69.2 cm³/mol. The topological polar surface area (TPSA) is 56.5 Å². The van der Waals surface area contributed by atoms with E-state index in [1.54, 1.807) is 20.3 Å². The van der Waals surface area contributed by atoms with Gasteiger partial charge < -0.3 is 20.5 Å². The highest BCUT2D eigenvalue weighted by Gasteiger charge is 2.26. The molecular formula is C12H17ClN2O2. The van der Waals surface area contributed by atoms with Crippen LogP contribution in [0.5, 0.6) is 11.5 Å². The van der Waals surface area contributed by atoms with E-state index in [1.165, 1.54) is 0 Å². The lowest BCUT2D eigenvalue weighted by Crippen LogP contribution is -2.44. The molecule has 0 saturated heterocycles. The molecule has 94 valence electrons. The van der Waals surface area contributed by atoms with Crippen LogP contribution in [0.4, 0.5) is 5.69 Å². The molecule has 0 spiro atoms. The summed E-state index contributed by atoms with van der Waals surface area (Å²) >= 11 is 6.04. The Morgan fingerprint density at radius 1 is 1.24 bits per heavy atom. The van der Waals surface area contributed by atoms with Gasteiger partial charge in [0.2, 0.25) is 0 Å². The van der Waals surface area contributed by atoms with Crippen LogP contribution in [0.15, 0.2) is 12.1 Å². The molecule has 0 bridgehead atoms. The molecule has 1 saturated carbocycles. The SMILES string of the molecule is COc1cc(NC2CC(N)C2)c(OC)cc1Cl. The van der Waals surface area contributed by atoms with E-state index in [4.69, 9.17) is 26.8 Å². The van der Waals surface area contributed by atoms with Gasteiger partial charge in [-0.3, -0.25) is 0 Å². The van der Waals surface area contributed by atoms with Gasteiger partial charge in [-0.15, -0.1) is 0 Å². The number of hydrogen-bond acceptors (Lipinski definition) is 4. The van der Waals surface area contributed by atoms with Gasteiger partial charge in [0.05, 0.1) is 24.9 Å². The molecule has 1 aromatic rings. The summed E-state index contributed by atoms with van der Waals surface area (Å²) in [6, 6.07) is 4.32. The van der Waals surface area contributed by atoms with Crippen molar-refractivity contribution in [2.75, 3.05) is 19.5 Å². The average Bonchev–Trinajstić information content (AvgIpc) is 2.28. The maximum atomic E-state index is 6.04. The van der Waals surface area contributed by atoms with Gasteiger partial charge in [0.25, 0.3) is 0 Å². The molecule has 0 heterocycles. The van der Waals surface area contributed by atoms with Crippen molar-refractivity contribution in [2.45, 2.75) is 24.9 Å². The molecular weight excluding hydrogens is 240 g/mol. The van der Waals surface area contributed by atoms with Crippen molar-refractivity contribution >= 4 is 17.3 Å². The first-order chi connectivity index (χ1) is 8.13. The summed E-state index contributed by atoms with van der Waals surface area (Å²) < 4.78 is 10.5. The maximum Gasteiger partial charge on any atom is 0.143 e. The molecule has 0 atom stereocenters. The highest BCUT2D eigenvalue weighted by Crippen LogP contribution is 2.37. The van der Waals surface area contributed by atoms with E-state index in [0.29, 0.717) is 22.9 Å². The van der Waals surface area contributed by atoms with Crippen LogP contribution in [-0.4, -0.2) is 26.3 Å². The molecule has 0 aromatic heterocycles. The number of halogens is 1. The van der Waals surface area contributed by atoms with E-state index < -0.39 is 0 Å². The minimum absolute atomic E-state index is 0.313. The lowest BCUT2D eigenvalue weighted by Gasteiger charge is -2.34. The molecule has 1 aliphatic carbocycles. The largest absolute Gasteiger partial charge is 0.495 e. The van der Waals surface area contributed by atoms with Crippen molar-refractivity contribution in [1.82, 2.24) is 0 Å². The number of hydrogen-bond donors (Lipinski definition) is 2. The summed E-state index contributed by atoms with van der Waals surface area (Å²) in [5.41, 5.74) is 6.65. The summed E-state index contributed by atoms with van der Waals surface area (Å²) in [5, 5.41) is 3.93. The Morgan fingerprint density at radius 3 is 2.41 bits per heavy atom. The second-order valence-electron chi connectivity index (χ2n) is 4.26. The minimum atomic E-state index is 0.313. The summed E-state index contributed by atoms with van der Waals surface area (Å²) in [7, 11) is 3.21. The third-order valence-corrected chi connectivity index (χ3v) is 3.30. The second kappa shape index (κ2) is 5.02. The zero-order chi connectivity index (χ0) is 12.4. The second-order valence-corrected chi connectivity index (χ2v) is 4.67. The molecule has 4 nitrogen and oxygen atoms in total. The smallest absolute Gasteiger partial charge is 0.143 e.